The Morgan fingerprint density at radius 1 is 1.25 bits per heavy atom. The smallest absolute Gasteiger partial charge is 0.341 e. The van der Waals surface area contributed by atoms with E-state index in [1.165, 1.54) is 15.6 Å². The van der Waals surface area contributed by atoms with E-state index in [1.54, 1.807) is 25.3 Å². The Labute approximate surface area is 192 Å². The van der Waals surface area contributed by atoms with Crippen molar-refractivity contribution in [3.05, 3.63) is 28.0 Å². The Morgan fingerprint density at radius 3 is 2.56 bits per heavy atom. The summed E-state index contributed by atoms with van der Waals surface area (Å²) in [5.74, 6) is -1.39. The molecule has 1 aliphatic rings. The lowest BCUT2D eigenvalue weighted by Crippen LogP contribution is -2.44. The molecule has 9 nitrogen and oxygen atoms in total. The summed E-state index contributed by atoms with van der Waals surface area (Å²) in [5.41, 5.74) is 1.96. The average Bonchev–Trinajstić information content (AvgIpc) is 3.27. The fraction of sp³-hybridized carbons (Fsp3) is 0.571. The minimum Gasteiger partial charge on any atom is -0.462 e. The molecule has 0 saturated carbocycles. The molecule has 2 aromatic heterocycles. The number of anilines is 1. The first-order chi connectivity index (χ1) is 15.1. The molecule has 1 atom stereocenters. The highest BCUT2D eigenvalue weighted by molar-refractivity contribution is 7.89. The topological polar surface area (TPSA) is 111 Å². The van der Waals surface area contributed by atoms with Gasteiger partial charge in [0, 0.05) is 36.4 Å². The maximum absolute atomic E-state index is 13.7. The number of ether oxygens (including phenoxy) is 1. The van der Waals surface area contributed by atoms with Crippen LogP contribution in [0.2, 0.25) is 0 Å². The van der Waals surface area contributed by atoms with E-state index in [9.17, 15) is 18.0 Å². The molecule has 3 heterocycles. The van der Waals surface area contributed by atoms with Crippen LogP contribution in [0.5, 0.6) is 0 Å². The molecule has 3 rings (SSSR count). The summed E-state index contributed by atoms with van der Waals surface area (Å²) in [6.07, 6.45) is 1.14. The van der Waals surface area contributed by atoms with Crippen molar-refractivity contribution in [3.8, 4) is 0 Å². The van der Waals surface area contributed by atoms with Crippen molar-refractivity contribution in [1.29, 1.82) is 0 Å². The van der Waals surface area contributed by atoms with Crippen molar-refractivity contribution in [3.63, 3.8) is 0 Å². The minimum absolute atomic E-state index is 0.0214. The standard InChI is InChI=1S/C21H30N4O5S2/c1-6-25-14(4)17(20(27)30-7-2)18(15(25)5)32(28,29)24-10-8-9-16(11-24)19(26)23-21-22-13(3)12-31-21/h12,16H,6-11H2,1-5H3,(H,22,23,26). The van der Waals surface area contributed by atoms with Gasteiger partial charge in [-0.15, -0.1) is 11.3 Å². The first kappa shape index (κ1) is 24.4. The van der Waals surface area contributed by atoms with E-state index in [1.807, 2.05) is 19.2 Å². The number of amides is 1. The molecule has 176 valence electrons. The van der Waals surface area contributed by atoms with Gasteiger partial charge < -0.3 is 14.6 Å². The molecule has 0 aromatic carbocycles. The summed E-state index contributed by atoms with van der Waals surface area (Å²) in [6, 6.07) is 0. The van der Waals surface area contributed by atoms with Crippen LogP contribution in [0.3, 0.4) is 0 Å². The van der Waals surface area contributed by atoms with Gasteiger partial charge in [0.25, 0.3) is 0 Å². The lowest BCUT2D eigenvalue weighted by atomic mass is 9.99. The highest BCUT2D eigenvalue weighted by Gasteiger charge is 2.39. The zero-order chi connectivity index (χ0) is 23.6. The van der Waals surface area contributed by atoms with E-state index in [-0.39, 0.29) is 29.5 Å². The molecular formula is C21H30N4O5S2. The van der Waals surface area contributed by atoms with Crippen LogP contribution in [0.25, 0.3) is 0 Å². The van der Waals surface area contributed by atoms with Crippen LogP contribution in [0.15, 0.2) is 10.3 Å². The third kappa shape index (κ3) is 4.60. The summed E-state index contributed by atoms with van der Waals surface area (Å²) < 4.78 is 35.7. The monoisotopic (exact) mass is 482 g/mol. The second-order valence-electron chi connectivity index (χ2n) is 7.83. The Balaban J connectivity index is 1.92. The molecule has 2 aromatic rings. The van der Waals surface area contributed by atoms with Gasteiger partial charge in [0.05, 0.1) is 18.2 Å². The third-order valence-electron chi connectivity index (χ3n) is 5.72. The van der Waals surface area contributed by atoms with E-state index in [4.69, 9.17) is 4.74 Å². The first-order valence-electron chi connectivity index (χ1n) is 10.7. The highest BCUT2D eigenvalue weighted by Crippen LogP contribution is 2.33. The molecule has 0 aliphatic carbocycles. The van der Waals surface area contributed by atoms with Gasteiger partial charge in [0.15, 0.2) is 5.13 Å². The average molecular weight is 483 g/mol. The summed E-state index contributed by atoms with van der Waals surface area (Å²) >= 11 is 1.33. The van der Waals surface area contributed by atoms with Crippen LogP contribution in [-0.2, 0) is 26.1 Å². The number of carbonyl (C=O) groups is 2. The van der Waals surface area contributed by atoms with Crippen LogP contribution in [-0.4, -0.2) is 53.8 Å². The molecule has 1 N–H and O–H groups in total. The second kappa shape index (κ2) is 9.72. The molecule has 32 heavy (non-hydrogen) atoms. The zero-order valence-corrected chi connectivity index (χ0v) is 20.7. The van der Waals surface area contributed by atoms with Crippen LogP contribution >= 0.6 is 11.3 Å². The predicted molar refractivity (Wildman–Crippen MR) is 123 cm³/mol. The SMILES string of the molecule is CCOC(=O)c1c(S(=O)(=O)N2CCCC(C(=O)Nc3nc(C)cs3)C2)c(C)n(CC)c1C. The van der Waals surface area contributed by atoms with Crippen molar-refractivity contribution in [2.24, 2.45) is 5.92 Å². The van der Waals surface area contributed by atoms with Crippen LogP contribution in [0.4, 0.5) is 5.13 Å². The zero-order valence-electron chi connectivity index (χ0n) is 19.1. The first-order valence-corrected chi connectivity index (χ1v) is 13.0. The van der Waals surface area contributed by atoms with Crippen molar-refractivity contribution < 1.29 is 22.7 Å². The summed E-state index contributed by atoms with van der Waals surface area (Å²) in [4.78, 5) is 29.7. The second-order valence-corrected chi connectivity index (χ2v) is 10.6. The van der Waals surface area contributed by atoms with E-state index < -0.39 is 21.9 Å². The van der Waals surface area contributed by atoms with Gasteiger partial charge in [0.1, 0.15) is 10.5 Å². The van der Waals surface area contributed by atoms with Crippen molar-refractivity contribution >= 4 is 38.4 Å². The number of nitrogens with zero attached hydrogens (tertiary/aromatic N) is 3. The number of hydrogen-bond acceptors (Lipinski definition) is 7. The number of piperidine rings is 1. The molecule has 1 saturated heterocycles. The minimum atomic E-state index is -4.01. The Morgan fingerprint density at radius 2 is 1.97 bits per heavy atom. The molecule has 1 unspecified atom stereocenters. The van der Waals surface area contributed by atoms with Gasteiger partial charge in [-0.3, -0.25) is 4.79 Å². The van der Waals surface area contributed by atoms with Crippen molar-refractivity contribution in [2.45, 2.75) is 58.9 Å². The highest BCUT2D eigenvalue weighted by atomic mass is 32.2. The number of carbonyl (C=O) groups excluding carboxylic acids is 2. The summed E-state index contributed by atoms with van der Waals surface area (Å²) in [5, 5.41) is 5.14. The summed E-state index contributed by atoms with van der Waals surface area (Å²) in [7, 11) is -4.01. The number of esters is 1. The lowest BCUT2D eigenvalue weighted by Gasteiger charge is -2.31. The number of aromatic nitrogens is 2. The van der Waals surface area contributed by atoms with Gasteiger partial charge >= 0.3 is 5.97 Å². The Kier molecular flexibility index (Phi) is 7.41. The Bertz CT molecular complexity index is 1120. The molecule has 1 fully saturated rings. The number of rotatable bonds is 7. The van der Waals surface area contributed by atoms with Crippen LogP contribution < -0.4 is 5.32 Å². The largest absolute Gasteiger partial charge is 0.462 e. The Hall–Kier alpha value is -2.24. The van der Waals surface area contributed by atoms with Crippen LogP contribution in [0.1, 0.15) is 54.1 Å². The molecule has 0 radical (unpaired) electrons. The number of aryl methyl sites for hydroxylation is 1. The molecule has 1 amide bonds. The molecule has 0 bridgehead atoms. The van der Waals surface area contributed by atoms with Gasteiger partial charge in [-0.2, -0.15) is 4.31 Å². The molecule has 1 aliphatic heterocycles. The normalized spacial score (nSPS) is 17.3. The quantitative estimate of drug-likeness (QED) is 0.607. The maximum atomic E-state index is 13.7. The maximum Gasteiger partial charge on any atom is 0.341 e. The van der Waals surface area contributed by atoms with E-state index >= 15 is 0 Å². The van der Waals surface area contributed by atoms with Crippen molar-refractivity contribution in [2.75, 3.05) is 25.0 Å². The van der Waals surface area contributed by atoms with Gasteiger partial charge in [-0.25, -0.2) is 18.2 Å². The third-order valence-corrected chi connectivity index (χ3v) is 8.63. The van der Waals surface area contributed by atoms with Gasteiger partial charge in [-0.05, 0) is 47.5 Å². The van der Waals surface area contributed by atoms with Crippen molar-refractivity contribution in [1.82, 2.24) is 13.9 Å². The van der Waals surface area contributed by atoms with E-state index in [0.29, 0.717) is 42.5 Å². The van der Waals surface area contributed by atoms with Gasteiger partial charge in [0.2, 0.25) is 15.9 Å². The van der Waals surface area contributed by atoms with Crippen LogP contribution in [0, 0.1) is 26.7 Å². The molecule has 0 spiro atoms. The predicted octanol–water partition coefficient (Wildman–Crippen LogP) is 3.11. The fourth-order valence-corrected chi connectivity index (χ4v) is 6.88. The number of hydrogen-bond donors (Lipinski definition) is 1. The van der Waals surface area contributed by atoms with E-state index in [2.05, 4.69) is 10.3 Å². The fourth-order valence-electron chi connectivity index (χ4n) is 4.21. The van der Waals surface area contributed by atoms with Gasteiger partial charge in [-0.1, -0.05) is 0 Å². The summed E-state index contributed by atoms with van der Waals surface area (Å²) in [6.45, 7) is 9.87. The molecule has 11 heteroatoms. The van der Waals surface area contributed by atoms with E-state index in [0.717, 1.165) is 5.69 Å². The number of nitrogens with one attached hydrogen (secondary N) is 1. The lowest BCUT2D eigenvalue weighted by molar-refractivity contribution is -0.120. The number of thiazole rings is 1. The molecular weight excluding hydrogens is 452 g/mol. The number of sulfonamides is 1.